The summed E-state index contributed by atoms with van der Waals surface area (Å²) in [6.07, 6.45) is 1.22. The van der Waals surface area contributed by atoms with Crippen molar-refractivity contribution < 1.29 is 4.74 Å². The van der Waals surface area contributed by atoms with Gasteiger partial charge in [0.25, 0.3) is 0 Å². The molecule has 0 saturated carbocycles. The maximum absolute atomic E-state index is 7.26. The van der Waals surface area contributed by atoms with E-state index >= 15 is 0 Å². The van der Waals surface area contributed by atoms with Crippen molar-refractivity contribution in [1.82, 2.24) is 4.90 Å². The Kier molecular flexibility index (Phi) is 3.89. The molecule has 4 heteroatoms. The zero-order valence-electron chi connectivity index (χ0n) is 9.29. The molecule has 0 bridgehead atoms. The van der Waals surface area contributed by atoms with Gasteiger partial charge in [-0.15, -0.1) is 0 Å². The first-order valence-electron chi connectivity index (χ1n) is 5.21. The fourth-order valence-corrected chi connectivity index (χ4v) is 2.02. The molecule has 82 valence electrons. The fraction of sp³-hybridized carbons (Fsp3) is 0.900. The van der Waals surface area contributed by atoms with Crippen LogP contribution in [0.5, 0.6) is 0 Å². The van der Waals surface area contributed by atoms with E-state index in [1.807, 2.05) is 0 Å². The smallest absolute Gasteiger partial charge is 0.0920 e. The number of hydrogen-bond donors (Lipinski definition) is 2. The Balaban J connectivity index is 2.46. The molecule has 0 aromatic carbocycles. The Morgan fingerprint density at radius 1 is 1.50 bits per heavy atom. The van der Waals surface area contributed by atoms with Gasteiger partial charge in [0.2, 0.25) is 0 Å². The SMILES string of the molecule is CC1CN(C(C)CC(=N)N)CC(C)O1. The molecule has 3 N–H and O–H groups in total. The van der Waals surface area contributed by atoms with Crippen LogP contribution in [0.25, 0.3) is 0 Å². The maximum Gasteiger partial charge on any atom is 0.0920 e. The Bertz CT molecular complexity index is 198. The highest BCUT2D eigenvalue weighted by atomic mass is 16.5. The average Bonchev–Trinajstić information content (AvgIpc) is 2.00. The van der Waals surface area contributed by atoms with E-state index in [0.29, 0.717) is 12.5 Å². The van der Waals surface area contributed by atoms with Crippen LogP contribution in [-0.2, 0) is 4.74 Å². The minimum absolute atomic E-state index is 0.268. The summed E-state index contributed by atoms with van der Waals surface area (Å²) in [6.45, 7) is 8.18. The molecule has 3 atom stereocenters. The summed E-state index contributed by atoms with van der Waals surface area (Å²) < 4.78 is 5.64. The summed E-state index contributed by atoms with van der Waals surface area (Å²) in [5.41, 5.74) is 5.39. The summed E-state index contributed by atoms with van der Waals surface area (Å²) in [6, 6.07) is 0.348. The van der Waals surface area contributed by atoms with E-state index in [0.717, 1.165) is 13.1 Å². The van der Waals surface area contributed by atoms with Crippen LogP contribution in [0.1, 0.15) is 27.2 Å². The van der Waals surface area contributed by atoms with Crippen LogP contribution >= 0.6 is 0 Å². The molecule has 1 fully saturated rings. The van der Waals surface area contributed by atoms with Gasteiger partial charge in [0, 0.05) is 25.6 Å². The third-order valence-corrected chi connectivity index (χ3v) is 2.59. The topological polar surface area (TPSA) is 62.3 Å². The first kappa shape index (κ1) is 11.5. The molecular weight excluding hydrogens is 178 g/mol. The molecular formula is C10H21N3O. The number of rotatable bonds is 3. The summed E-state index contributed by atoms with van der Waals surface area (Å²) in [7, 11) is 0. The molecule has 0 radical (unpaired) electrons. The van der Waals surface area contributed by atoms with Gasteiger partial charge in [0.15, 0.2) is 0 Å². The standard InChI is InChI=1S/C10H21N3O/c1-7(4-10(11)12)13-5-8(2)14-9(3)6-13/h7-9H,4-6H2,1-3H3,(H3,11,12). The molecule has 0 aromatic rings. The van der Waals surface area contributed by atoms with Crippen LogP contribution in [0.3, 0.4) is 0 Å². The lowest BCUT2D eigenvalue weighted by Gasteiger charge is -2.38. The Morgan fingerprint density at radius 2 is 2.00 bits per heavy atom. The van der Waals surface area contributed by atoms with Gasteiger partial charge in [0.05, 0.1) is 18.0 Å². The highest BCUT2D eigenvalue weighted by molar-refractivity contribution is 5.77. The lowest BCUT2D eigenvalue weighted by atomic mass is 10.1. The number of amidine groups is 1. The third-order valence-electron chi connectivity index (χ3n) is 2.59. The van der Waals surface area contributed by atoms with Crippen LogP contribution in [0, 0.1) is 5.41 Å². The highest BCUT2D eigenvalue weighted by Gasteiger charge is 2.25. The van der Waals surface area contributed by atoms with Gasteiger partial charge in [-0.05, 0) is 20.8 Å². The fourth-order valence-electron chi connectivity index (χ4n) is 2.02. The maximum atomic E-state index is 7.26. The van der Waals surface area contributed by atoms with Gasteiger partial charge in [-0.3, -0.25) is 10.3 Å². The highest BCUT2D eigenvalue weighted by Crippen LogP contribution is 2.14. The summed E-state index contributed by atoms with van der Waals surface area (Å²) in [5.74, 6) is 0.268. The number of ether oxygens (including phenoxy) is 1. The molecule has 0 aliphatic carbocycles. The lowest BCUT2D eigenvalue weighted by molar-refractivity contribution is -0.0776. The molecule has 1 rings (SSSR count). The first-order chi connectivity index (χ1) is 6.49. The van der Waals surface area contributed by atoms with Crippen molar-refractivity contribution in [2.24, 2.45) is 5.73 Å². The van der Waals surface area contributed by atoms with Gasteiger partial charge in [-0.25, -0.2) is 0 Å². The van der Waals surface area contributed by atoms with Gasteiger partial charge < -0.3 is 10.5 Å². The van der Waals surface area contributed by atoms with Crippen LogP contribution in [0.15, 0.2) is 0 Å². The van der Waals surface area contributed by atoms with E-state index in [1.54, 1.807) is 0 Å². The van der Waals surface area contributed by atoms with Crippen LogP contribution in [0.4, 0.5) is 0 Å². The predicted octanol–water partition coefficient (Wildman–Crippen LogP) is 0.810. The monoisotopic (exact) mass is 199 g/mol. The first-order valence-corrected chi connectivity index (χ1v) is 5.21. The van der Waals surface area contributed by atoms with E-state index in [9.17, 15) is 0 Å². The number of nitrogens with one attached hydrogen (secondary N) is 1. The van der Waals surface area contributed by atoms with E-state index in [-0.39, 0.29) is 18.0 Å². The summed E-state index contributed by atoms with van der Waals surface area (Å²) in [5, 5.41) is 7.26. The second-order valence-electron chi connectivity index (χ2n) is 4.29. The second kappa shape index (κ2) is 4.75. The normalized spacial score (nSPS) is 31.4. The minimum atomic E-state index is 0.268. The molecule has 0 amide bonds. The lowest BCUT2D eigenvalue weighted by Crippen LogP contribution is -2.49. The molecule has 14 heavy (non-hydrogen) atoms. The predicted molar refractivity (Wildman–Crippen MR) is 57.6 cm³/mol. The van der Waals surface area contributed by atoms with Crippen molar-refractivity contribution in [2.75, 3.05) is 13.1 Å². The second-order valence-corrected chi connectivity index (χ2v) is 4.29. The van der Waals surface area contributed by atoms with Crippen molar-refractivity contribution in [1.29, 1.82) is 5.41 Å². The average molecular weight is 199 g/mol. The Hall–Kier alpha value is -0.610. The largest absolute Gasteiger partial charge is 0.388 e. The molecule has 1 saturated heterocycles. The molecule has 3 unspecified atom stereocenters. The van der Waals surface area contributed by atoms with E-state index in [2.05, 4.69) is 25.7 Å². The van der Waals surface area contributed by atoms with E-state index < -0.39 is 0 Å². The van der Waals surface area contributed by atoms with Gasteiger partial charge in [-0.2, -0.15) is 0 Å². The Labute approximate surface area is 85.9 Å². The van der Waals surface area contributed by atoms with Gasteiger partial charge in [0.1, 0.15) is 0 Å². The van der Waals surface area contributed by atoms with Crippen LogP contribution in [0.2, 0.25) is 0 Å². The van der Waals surface area contributed by atoms with E-state index in [1.165, 1.54) is 0 Å². The third kappa shape index (κ3) is 3.27. The number of morpholine rings is 1. The van der Waals surface area contributed by atoms with Crippen molar-refractivity contribution in [2.45, 2.75) is 45.4 Å². The molecule has 1 heterocycles. The molecule has 4 nitrogen and oxygen atoms in total. The zero-order valence-corrected chi connectivity index (χ0v) is 9.29. The van der Waals surface area contributed by atoms with Crippen molar-refractivity contribution >= 4 is 5.84 Å². The van der Waals surface area contributed by atoms with Gasteiger partial charge >= 0.3 is 0 Å². The molecule has 0 aromatic heterocycles. The van der Waals surface area contributed by atoms with E-state index in [4.69, 9.17) is 15.9 Å². The van der Waals surface area contributed by atoms with Crippen molar-refractivity contribution in [3.8, 4) is 0 Å². The molecule has 1 aliphatic heterocycles. The number of nitrogens with two attached hydrogens (primary N) is 1. The van der Waals surface area contributed by atoms with Gasteiger partial charge in [-0.1, -0.05) is 0 Å². The quantitative estimate of drug-likeness (QED) is 0.522. The number of nitrogens with zero attached hydrogens (tertiary/aromatic N) is 1. The minimum Gasteiger partial charge on any atom is -0.388 e. The van der Waals surface area contributed by atoms with Crippen LogP contribution < -0.4 is 5.73 Å². The summed E-state index contributed by atoms with van der Waals surface area (Å²) >= 11 is 0. The number of hydrogen-bond acceptors (Lipinski definition) is 3. The van der Waals surface area contributed by atoms with Crippen molar-refractivity contribution in [3.63, 3.8) is 0 Å². The zero-order chi connectivity index (χ0) is 10.7. The van der Waals surface area contributed by atoms with Crippen LogP contribution in [-0.4, -0.2) is 42.1 Å². The van der Waals surface area contributed by atoms with Crippen molar-refractivity contribution in [3.05, 3.63) is 0 Å². The Morgan fingerprint density at radius 3 is 2.43 bits per heavy atom. The molecule has 0 spiro atoms. The molecule has 1 aliphatic rings. The summed E-state index contributed by atoms with van der Waals surface area (Å²) in [4.78, 5) is 2.35.